The standard InChI is InChI=1S/C31H50N4O11S/c1-17(2)14-21(33-27(42)19(12-13-47-6)35-30(45)46-31(3,4)5)28(43)34-22(16-36)24(39)25(40)26(41)29(44)32-20(15-23(37)38)18-10-8-7-9-11-18/h7-11,17,19-22,24-26,36,39-41H,12-16H2,1-6H3,(H,32,44)(H,33,42)(H,34,43)(H,35,45)(H,37,38)/t19-,20-,21-,22-,24+,25+,26-/m0/s1. The molecule has 1 aromatic rings. The maximum atomic E-state index is 13.3. The Kier molecular flexibility index (Phi) is 17.7. The Labute approximate surface area is 279 Å². The van der Waals surface area contributed by atoms with E-state index < -0.39 is 90.9 Å². The normalized spacial score (nSPS) is 16.1. The van der Waals surface area contributed by atoms with E-state index >= 15 is 0 Å². The van der Waals surface area contributed by atoms with Crippen molar-refractivity contribution in [1.82, 2.24) is 21.3 Å². The molecule has 0 aromatic heterocycles. The summed E-state index contributed by atoms with van der Waals surface area (Å²) in [5.41, 5.74) is -0.396. The first-order valence-corrected chi connectivity index (χ1v) is 16.6. The average Bonchev–Trinajstić information content (AvgIpc) is 2.98. The predicted molar refractivity (Wildman–Crippen MR) is 174 cm³/mol. The second kappa shape index (κ2) is 20.0. The van der Waals surface area contributed by atoms with Crippen molar-refractivity contribution in [1.29, 1.82) is 0 Å². The van der Waals surface area contributed by atoms with Gasteiger partial charge in [0.15, 0.2) is 6.10 Å². The van der Waals surface area contributed by atoms with Crippen LogP contribution in [0.25, 0.3) is 0 Å². The molecule has 0 heterocycles. The lowest BCUT2D eigenvalue weighted by atomic mass is 9.98. The number of carbonyl (C=O) groups is 5. The number of alkyl carbamates (subject to hydrolysis) is 1. The number of rotatable bonds is 19. The van der Waals surface area contributed by atoms with Crippen molar-refractivity contribution in [2.45, 2.75) is 102 Å². The molecule has 47 heavy (non-hydrogen) atoms. The maximum absolute atomic E-state index is 13.3. The van der Waals surface area contributed by atoms with Crippen LogP contribution in [0, 0.1) is 5.92 Å². The maximum Gasteiger partial charge on any atom is 0.408 e. The zero-order chi connectivity index (χ0) is 35.9. The molecule has 0 unspecified atom stereocenters. The highest BCUT2D eigenvalue weighted by atomic mass is 32.2. The van der Waals surface area contributed by atoms with Crippen molar-refractivity contribution in [3.63, 3.8) is 0 Å². The van der Waals surface area contributed by atoms with Gasteiger partial charge in [0.25, 0.3) is 5.91 Å². The zero-order valence-corrected chi connectivity index (χ0v) is 28.5. The fourth-order valence-electron chi connectivity index (χ4n) is 4.40. The Balaban J connectivity index is 3.04. The molecule has 9 N–H and O–H groups in total. The summed E-state index contributed by atoms with van der Waals surface area (Å²) in [5.74, 6) is -3.57. The molecule has 4 amide bonds. The summed E-state index contributed by atoms with van der Waals surface area (Å²) in [4.78, 5) is 63.1. The molecule has 0 aliphatic carbocycles. The first kappa shape index (κ1) is 41.6. The topological polar surface area (TPSA) is 244 Å². The van der Waals surface area contributed by atoms with Crippen LogP contribution in [-0.4, -0.2) is 116 Å². The number of aliphatic hydroxyl groups is 4. The van der Waals surface area contributed by atoms with E-state index in [1.54, 1.807) is 65.0 Å². The van der Waals surface area contributed by atoms with Crippen LogP contribution >= 0.6 is 11.8 Å². The van der Waals surface area contributed by atoms with Gasteiger partial charge >= 0.3 is 12.1 Å². The lowest BCUT2D eigenvalue weighted by Crippen LogP contribution is -2.60. The summed E-state index contributed by atoms with van der Waals surface area (Å²) < 4.78 is 5.26. The summed E-state index contributed by atoms with van der Waals surface area (Å²) in [7, 11) is 0. The largest absolute Gasteiger partial charge is 0.481 e. The average molecular weight is 687 g/mol. The van der Waals surface area contributed by atoms with Crippen molar-refractivity contribution in [2.75, 3.05) is 18.6 Å². The molecule has 0 fully saturated rings. The third-order valence-electron chi connectivity index (χ3n) is 6.73. The van der Waals surface area contributed by atoms with Gasteiger partial charge in [0.1, 0.15) is 29.9 Å². The van der Waals surface area contributed by atoms with Crippen LogP contribution in [0.2, 0.25) is 0 Å². The minimum absolute atomic E-state index is 0.117. The lowest BCUT2D eigenvalue weighted by molar-refractivity contribution is -0.145. The molecule has 0 bridgehead atoms. The zero-order valence-electron chi connectivity index (χ0n) is 27.6. The van der Waals surface area contributed by atoms with Crippen molar-refractivity contribution in [2.24, 2.45) is 5.92 Å². The van der Waals surface area contributed by atoms with Gasteiger partial charge in [0.05, 0.1) is 25.1 Å². The van der Waals surface area contributed by atoms with Crippen LogP contribution in [0.4, 0.5) is 4.79 Å². The Morgan fingerprint density at radius 2 is 1.45 bits per heavy atom. The van der Waals surface area contributed by atoms with E-state index in [9.17, 15) is 49.5 Å². The van der Waals surface area contributed by atoms with Crippen molar-refractivity contribution in [3.05, 3.63) is 35.9 Å². The first-order valence-electron chi connectivity index (χ1n) is 15.2. The number of aliphatic hydroxyl groups excluding tert-OH is 4. The predicted octanol–water partition coefficient (Wildman–Crippen LogP) is 0.0557. The molecular weight excluding hydrogens is 636 g/mol. The van der Waals surface area contributed by atoms with Gasteiger partial charge in [-0.1, -0.05) is 44.2 Å². The molecule has 0 aliphatic rings. The summed E-state index contributed by atoms with van der Waals surface area (Å²) in [5, 5.41) is 60.9. The number of carboxylic acids is 1. The van der Waals surface area contributed by atoms with E-state index in [1.807, 2.05) is 6.26 Å². The monoisotopic (exact) mass is 686 g/mol. The van der Waals surface area contributed by atoms with Gasteiger partial charge < -0.3 is 51.5 Å². The number of aliphatic carboxylic acids is 1. The second-order valence-electron chi connectivity index (χ2n) is 12.5. The smallest absolute Gasteiger partial charge is 0.408 e. The minimum Gasteiger partial charge on any atom is -0.481 e. The van der Waals surface area contributed by atoms with Crippen molar-refractivity contribution >= 4 is 41.5 Å². The molecule has 0 saturated carbocycles. The van der Waals surface area contributed by atoms with Gasteiger partial charge in [-0.25, -0.2) is 4.79 Å². The minimum atomic E-state index is -2.28. The highest BCUT2D eigenvalue weighted by molar-refractivity contribution is 7.98. The Morgan fingerprint density at radius 3 is 1.96 bits per heavy atom. The van der Waals surface area contributed by atoms with Gasteiger partial charge in [0.2, 0.25) is 11.8 Å². The Hall–Kier alpha value is -3.44. The van der Waals surface area contributed by atoms with Crippen LogP contribution in [0.3, 0.4) is 0 Å². The Morgan fingerprint density at radius 1 is 0.851 bits per heavy atom. The molecule has 0 saturated heterocycles. The van der Waals surface area contributed by atoms with Crippen LogP contribution in [0.5, 0.6) is 0 Å². The highest BCUT2D eigenvalue weighted by Crippen LogP contribution is 2.18. The molecule has 1 rings (SSSR count). The van der Waals surface area contributed by atoms with Gasteiger partial charge in [-0.05, 0) is 57.1 Å². The van der Waals surface area contributed by atoms with E-state index in [4.69, 9.17) is 4.74 Å². The number of amides is 4. The van der Waals surface area contributed by atoms with Gasteiger partial charge in [-0.15, -0.1) is 0 Å². The molecule has 0 aliphatic heterocycles. The SMILES string of the molecule is CSCC[C@H](NC(=O)OC(C)(C)C)C(=O)N[C@@H](CC(C)C)C(=O)N[C@@H](CO)[C@@H](O)[C@@H](O)[C@H](O)C(=O)N[C@@H](CC(=O)O)c1ccccc1. The van der Waals surface area contributed by atoms with E-state index in [-0.39, 0.29) is 18.8 Å². The van der Waals surface area contributed by atoms with Crippen LogP contribution in [0.15, 0.2) is 30.3 Å². The number of ether oxygens (including phenoxy) is 1. The van der Waals surface area contributed by atoms with E-state index in [2.05, 4.69) is 21.3 Å². The quantitative estimate of drug-likeness (QED) is 0.0938. The number of carboxylic acid groups (broad SMARTS) is 1. The molecule has 266 valence electrons. The number of hydrogen-bond acceptors (Lipinski definition) is 11. The number of thioether (sulfide) groups is 1. The van der Waals surface area contributed by atoms with E-state index in [0.29, 0.717) is 11.3 Å². The van der Waals surface area contributed by atoms with E-state index in [1.165, 1.54) is 11.8 Å². The molecule has 16 heteroatoms. The van der Waals surface area contributed by atoms with Crippen LogP contribution in [-0.2, 0) is 23.9 Å². The number of nitrogens with one attached hydrogen (secondary N) is 4. The third kappa shape index (κ3) is 15.3. The van der Waals surface area contributed by atoms with Crippen molar-refractivity contribution in [3.8, 4) is 0 Å². The van der Waals surface area contributed by atoms with Gasteiger partial charge in [-0.2, -0.15) is 11.8 Å². The van der Waals surface area contributed by atoms with Crippen LogP contribution < -0.4 is 21.3 Å². The van der Waals surface area contributed by atoms with E-state index in [0.717, 1.165) is 0 Å². The number of benzene rings is 1. The molecule has 0 spiro atoms. The molecule has 7 atom stereocenters. The van der Waals surface area contributed by atoms with Crippen LogP contribution in [0.1, 0.15) is 65.5 Å². The number of carbonyl (C=O) groups excluding carboxylic acids is 4. The third-order valence-corrected chi connectivity index (χ3v) is 7.38. The summed E-state index contributed by atoms with van der Waals surface area (Å²) in [6.07, 6.45) is -5.76. The van der Waals surface area contributed by atoms with Crippen molar-refractivity contribution < 1.29 is 54.2 Å². The lowest BCUT2D eigenvalue weighted by Gasteiger charge is -2.31. The highest BCUT2D eigenvalue weighted by Gasteiger charge is 2.38. The fourth-order valence-corrected chi connectivity index (χ4v) is 4.87. The second-order valence-corrected chi connectivity index (χ2v) is 13.5. The molecular formula is C31H50N4O11S. The Bertz CT molecular complexity index is 1170. The fraction of sp³-hybridized carbons (Fsp3) is 0.645. The van der Waals surface area contributed by atoms with Gasteiger partial charge in [0, 0.05) is 0 Å². The molecule has 0 radical (unpaired) electrons. The first-order chi connectivity index (χ1) is 21.9. The summed E-state index contributed by atoms with van der Waals surface area (Å²) in [6, 6.07) is 3.14. The molecule has 15 nitrogen and oxygen atoms in total. The molecule has 1 aromatic carbocycles. The summed E-state index contributed by atoms with van der Waals surface area (Å²) >= 11 is 1.44. The van der Waals surface area contributed by atoms with Gasteiger partial charge in [-0.3, -0.25) is 19.2 Å². The summed E-state index contributed by atoms with van der Waals surface area (Å²) in [6.45, 7) is 7.66. The number of hydrogen-bond donors (Lipinski definition) is 9.